The van der Waals surface area contributed by atoms with E-state index in [0.717, 1.165) is 19.3 Å². The van der Waals surface area contributed by atoms with Crippen LogP contribution in [-0.2, 0) is 9.53 Å². The fraction of sp³-hybridized carbons (Fsp3) is 0.867. The molecule has 0 bridgehead atoms. The predicted octanol–water partition coefficient (Wildman–Crippen LogP) is 1.70. The summed E-state index contributed by atoms with van der Waals surface area (Å²) >= 11 is 0. The summed E-state index contributed by atoms with van der Waals surface area (Å²) < 4.78 is 5.26. The number of carbonyl (C=O) groups excluding carboxylic acids is 1. The average Bonchev–Trinajstić information content (AvgIpc) is 2.80. The van der Waals surface area contributed by atoms with Crippen LogP contribution in [0.3, 0.4) is 0 Å². The van der Waals surface area contributed by atoms with Gasteiger partial charge in [-0.1, -0.05) is 19.8 Å². The van der Waals surface area contributed by atoms with E-state index in [4.69, 9.17) is 4.74 Å². The number of nitrogens with one attached hydrogen (secondary N) is 1. The number of carboxylic acid groups (broad SMARTS) is 1. The lowest BCUT2D eigenvalue weighted by Gasteiger charge is -2.35. The second-order valence-electron chi connectivity index (χ2n) is 6.78. The van der Waals surface area contributed by atoms with E-state index in [9.17, 15) is 14.7 Å². The molecule has 0 aromatic heterocycles. The molecule has 0 aromatic carbocycles. The standard InChI is InChI=1S/C15H26N2O4/c1-10-5-4-6-11(7-10)17(3)14(20)16-12-8-21-9-15(12,2)13(18)19/h10-12H,4-9H2,1-3H3,(H,16,20)(H,18,19). The van der Waals surface area contributed by atoms with Crippen LogP contribution in [0.15, 0.2) is 0 Å². The summed E-state index contributed by atoms with van der Waals surface area (Å²) in [5.41, 5.74) is -1.05. The highest BCUT2D eigenvalue weighted by Gasteiger charge is 2.47. The number of carboxylic acids is 1. The summed E-state index contributed by atoms with van der Waals surface area (Å²) in [6.45, 7) is 4.22. The second-order valence-corrected chi connectivity index (χ2v) is 6.78. The summed E-state index contributed by atoms with van der Waals surface area (Å²) in [5, 5.41) is 12.2. The first kappa shape index (κ1) is 16.1. The summed E-state index contributed by atoms with van der Waals surface area (Å²) in [7, 11) is 1.80. The Hall–Kier alpha value is -1.30. The number of hydrogen-bond donors (Lipinski definition) is 2. The van der Waals surface area contributed by atoms with Crippen LogP contribution in [0, 0.1) is 11.3 Å². The molecule has 2 fully saturated rings. The first-order valence-electron chi connectivity index (χ1n) is 7.69. The number of rotatable bonds is 3. The molecule has 1 heterocycles. The van der Waals surface area contributed by atoms with E-state index < -0.39 is 17.4 Å². The van der Waals surface area contributed by atoms with Crippen molar-refractivity contribution in [3.05, 3.63) is 0 Å². The minimum absolute atomic E-state index is 0.136. The van der Waals surface area contributed by atoms with Gasteiger partial charge in [0.2, 0.25) is 0 Å². The Morgan fingerprint density at radius 1 is 1.38 bits per heavy atom. The van der Waals surface area contributed by atoms with Gasteiger partial charge in [0.1, 0.15) is 5.41 Å². The van der Waals surface area contributed by atoms with Gasteiger partial charge >= 0.3 is 12.0 Å². The normalized spacial score (nSPS) is 36.2. The Morgan fingerprint density at radius 2 is 2.10 bits per heavy atom. The highest BCUT2D eigenvalue weighted by atomic mass is 16.5. The topological polar surface area (TPSA) is 78.9 Å². The molecule has 1 saturated heterocycles. The molecule has 1 aliphatic heterocycles. The minimum atomic E-state index is -1.05. The first-order chi connectivity index (χ1) is 9.84. The Labute approximate surface area is 125 Å². The quantitative estimate of drug-likeness (QED) is 0.831. The SMILES string of the molecule is CC1CCCC(N(C)C(=O)NC2COCC2(C)C(=O)O)C1. The van der Waals surface area contributed by atoms with E-state index in [0.29, 0.717) is 5.92 Å². The summed E-state index contributed by atoms with van der Waals surface area (Å²) in [6, 6.07) is -0.435. The molecular formula is C15H26N2O4. The van der Waals surface area contributed by atoms with Gasteiger partial charge in [-0.2, -0.15) is 0 Å². The molecule has 2 aliphatic rings. The van der Waals surface area contributed by atoms with Gasteiger partial charge < -0.3 is 20.1 Å². The third-order valence-electron chi connectivity index (χ3n) is 5.02. The molecule has 1 saturated carbocycles. The Balaban J connectivity index is 1.96. The van der Waals surface area contributed by atoms with Crippen molar-refractivity contribution < 1.29 is 19.4 Å². The maximum Gasteiger partial charge on any atom is 0.317 e. The molecule has 4 atom stereocenters. The van der Waals surface area contributed by atoms with Gasteiger partial charge in [-0.3, -0.25) is 4.79 Å². The van der Waals surface area contributed by atoms with Crippen molar-refractivity contribution in [3.8, 4) is 0 Å². The predicted molar refractivity (Wildman–Crippen MR) is 78.1 cm³/mol. The zero-order chi connectivity index (χ0) is 15.6. The van der Waals surface area contributed by atoms with Crippen LogP contribution in [0.25, 0.3) is 0 Å². The van der Waals surface area contributed by atoms with Gasteiger partial charge in [-0.15, -0.1) is 0 Å². The largest absolute Gasteiger partial charge is 0.481 e. The van der Waals surface area contributed by atoms with Crippen LogP contribution >= 0.6 is 0 Å². The van der Waals surface area contributed by atoms with E-state index in [2.05, 4.69) is 12.2 Å². The van der Waals surface area contributed by atoms with E-state index in [1.165, 1.54) is 6.42 Å². The number of aliphatic carboxylic acids is 1. The van der Waals surface area contributed by atoms with Gasteiger partial charge in [0.05, 0.1) is 19.3 Å². The lowest BCUT2D eigenvalue weighted by atomic mass is 9.85. The van der Waals surface area contributed by atoms with E-state index in [1.807, 2.05) is 0 Å². The Kier molecular flexibility index (Phi) is 4.76. The van der Waals surface area contributed by atoms with Crippen LogP contribution in [0.2, 0.25) is 0 Å². The molecular weight excluding hydrogens is 272 g/mol. The molecule has 0 aromatic rings. The van der Waals surface area contributed by atoms with Gasteiger partial charge in [-0.25, -0.2) is 4.79 Å². The van der Waals surface area contributed by atoms with E-state index in [1.54, 1.807) is 18.9 Å². The molecule has 0 radical (unpaired) electrons. The molecule has 120 valence electrons. The van der Waals surface area contributed by atoms with Crippen LogP contribution in [0.1, 0.15) is 39.5 Å². The van der Waals surface area contributed by atoms with Crippen molar-refractivity contribution in [1.29, 1.82) is 0 Å². The smallest absolute Gasteiger partial charge is 0.317 e. The molecule has 1 aliphatic carbocycles. The molecule has 4 unspecified atom stereocenters. The Morgan fingerprint density at radius 3 is 2.71 bits per heavy atom. The fourth-order valence-electron chi connectivity index (χ4n) is 3.26. The molecule has 6 nitrogen and oxygen atoms in total. The van der Waals surface area contributed by atoms with Crippen molar-refractivity contribution in [1.82, 2.24) is 10.2 Å². The number of amides is 2. The highest BCUT2D eigenvalue weighted by molar-refractivity contribution is 5.79. The van der Waals surface area contributed by atoms with E-state index in [-0.39, 0.29) is 25.3 Å². The van der Waals surface area contributed by atoms with Crippen molar-refractivity contribution in [3.63, 3.8) is 0 Å². The lowest BCUT2D eigenvalue weighted by Crippen LogP contribution is -2.54. The number of nitrogens with zero attached hydrogens (tertiary/aromatic N) is 1. The van der Waals surface area contributed by atoms with Crippen LogP contribution < -0.4 is 5.32 Å². The molecule has 21 heavy (non-hydrogen) atoms. The first-order valence-corrected chi connectivity index (χ1v) is 7.69. The zero-order valence-electron chi connectivity index (χ0n) is 13.1. The van der Waals surface area contributed by atoms with Crippen LogP contribution in [-0.4, -0.2) is 54.4 Å². The number of carbonyl (C=O) groups is 2. The number of ether oxygens (including phenoxy) is 1. The maximum absolute atomic E-state index is 12.4. The summed E-state index contributed by atoms with van der Waals surface area (Å²) in [4.78, 5) is 25.5. The maximum atomic E-state index is 12.4. The third-order valence-corrected chi connectivity index (χ3v) is 5.02. The molecule has 6 heteroatoms. The van der Waals surface area contributed by atoms with Gasteiger partial charge in [0, 0.05) is 13.1 Å². The van der Waals surface area contributed by atoms with Crippen molar-refractivity contribution >= 4 is 12.0 Å². The number of urea groups is 1. The zero-order valence-corrected chi connectivity index (χ0v) is 13.1. The monoisotopic (exact) mass is 298 g/mol. The molecule has 2 rings (SSSR count). The molecule has 0 spiro atoms. The highest BCUT2D eigenvalue weighted by Crippen LogP contribution is 2.30. The van der Waals surface area contributed by atoms with Crippen molar-refractivity contribution in [2.24, 2.45) is 11.3 Å². The summed E-state index contributed by atoms with van der Waals surface area (Å²) in [5.74, 6) is -0.294. The fourth-order valence-corrected chi connectivity index (χ4v) is 3.26. The minimum Gasteiger partial charge on any atom is -0.481 e. The van der Waals surface area contributed by atoms with Crippen molar-refractivity contribution in [2.45, 2.75) is 51.6 Å². The van der Waals surface area contributed by atoms with Crippen LogP contribution in [0.5, 0.6) is 0 Å². The second kappa shape index (κ2) is 6.22. The van der Waals surface area contributed by atoms with Crippen LogP contribution in [0.4, 0.5) is 4.79 Å². The van der Waals surface area contributed by atoms with Crippen molar-refractivity contribution in [2.75, 3.05) is 20.3 Å². The number of hydrogen-bond acceptors (Lipinski definition) is 3. The lowest BCUT2D eigenvalue weighted by molar-refractivity contribution is -0.148. The Bertz CT molecular complexity index is 414. The van der Waals surface area contributed by atoms with Gasteiger partial charge in [0.25, 0.3) is 0 Å². The third kappa shape index (κ3) is 3.31. The van der Waals surface area contributed by atoms with Gasteiger partial charge in [-0.05, 0) is 25.7 Å². The summed E-state index contributed by atoms with van der Waals surface area (Å²) in [6.07, 6.45) is 4.40. The van der Waals surface area contributed by atoms with Gasteiger partial charge in [0.15, 0.2) is 0 Å². The van der Waals surface area contributed by atoms with E-state index >= 15 is 0 Å². The molecule has 2 N–H and O–H groups in total. The average molecular weight is 298 g/mol. The molecule has 2 amide bonds.